The molecule has 7 atom stereocenters. The molecule has 2 aromatic carbocycles. The number of amides is 3. The summed E-state index contributed by atoms with van der Waals surface area (Å²) in [7, 11) is 0. The summed E-state index contributed by atoms with van der Waals surface area (Å²) < 4.78 is 0. The second-order valence-corrected chi connectivity index (χ2v) is 10.6. The molecule has 6 nitrogen and oxygen atoms in total. The van der Waals surface area contributed by atoms with Crippen molar-refractivity contribution < 1.29 is 19.2 Å². The number of hydrazine groups is 1. The molecule has 2 saturated carbocycles. The van der Waals surface area contributed by atoms with E-state index < -0.39 is 35.6 Å². The quantitative estimate of drug-likeness (QED) is 0.356. The number of imide groups is 1. The average molecular weight is 489 g/mol. The number of halogens is 1. The molecule has 2 bridgehead atoms. The van der Waals surface area contributed by atoms with Crippen LogP contribution in [0.15, 0.2) is 60.7 Å². The Morgan fingerprint density at radius 1 is 0.943 bits per heavy atom. The van der Waals surface area contributed by atoms with Gasteiger partial charge < -0.3 is 0 Å². The van der Waals surface area contributed by atoms with Crippen molar-refractivity contribution in [2.45, 2.75) is 26.3 Å². The number of allylic oxidation sites excluding steroid dienone is 2. The van der Waals surface area contributed by atoms with Crippen LogP contribution in [0.4, 0.5) is 0 Å². The third-order valence-electron chi connectivity index (χ3n) is 8.25. The van der Waals surface area contributed by atoms with Crippen LogP contribution in [0.3, 0.4) is 0 Å². The number of benzene rings is 2. The molecule has 1 saturated heterocycles. The fraction of sp³-hybridized carbons (Fsp3) is 0.357. The maximum Gasteiger partial charge on any atom is 0.275 e. The van der Waals surface area contributed by atoms with E-state index in [2.05, 4.69) is 12.2 Å². The summed E-state index contributed by atoms with van der Waals surface area (Å²) in [5, 5.41) is 2.21. The number of carbonyl (C=O) groups is 4. The molecule has 1 aliphatic heterocycles. The van der Waals surface area contributed by atoms with Crippen LogP contribution in [-0.2, 0) is 9.59 Å². The van der Waals surface area contributed by atoms with Crippen molar-refractivity contribution in [1.82, 2.24) is 10.0 Å². The van der Waals surface area contributed by atoms with Crippen LogP contribution in [0, 0.1) is 42.4 Å². The predicted molar refractivity (Wildman–Crippen MR) is 129 cm³/mol. The van der Waals surface area contributed by atoms with Gasteiger partial charge >= 0.3 is 0 Å². The Bertz CT molecular complexity index is 1270. The second kappa shape index (κ2) is 7.89. The molecule has 0 unspecified atom stereocenters. The molecular formula is C28H25ClN2O4. The number of Topliss-reactive ketones (excluding diaryl/α,β-unsaturated/α-hetero) is 1. The number of carbonyl (C=O) groups excluding carboxylic acids is 4. The average Bonchev–Trinajstić information content (AvgIpc) is 3.64. The molecular weight excluding hydrogens is 464 g/mol. The Hall–Kier alpha value is -3.25. The van der Waals surface area contributed by atoms with E-state index in [1.807, 2.05) is 19.1 Å². The summed E-state index contributed by atoms with van der Waals surface area (Å²) >= 11 is 6.33. The molecule has 3 amide bonds. The van der Waals surface area contributed by atoms with Crippen molar-refractivity contribution >= 4 is 35.1 Å². The molecule has 0 spiro atoms. The predicted octanol–water partition coefficient (Wildman–Crippen LogP) is 4.33. The fourth-order valence-corrected chi connectivity index (χ4v) is 6.64. The molecule has 5 aliphatic rings. The minimum Gasteiger partial charge on any atom is -0.292 e. The summed E-state index contributed by atoms with van der Waals surface area (Å²) in [5.74, 6) is -1.87. The van der Waals surface area contributed by atoms with Crippen LogP contribution in [0.1, 0.15) is 39.6 Å². The zero-order valence-electron chi connectivity index (χ0n) is 19.4. The normalized spacial score (nSPS) is 30.7. The standard InChI is InChI=1S/C28H25ClN2O4/c1-14-7-9-16(10-8-14)25(32)15(2)30(26(33)19-5-3-4-6-22(19)29)31-27(34)23-17-11-12-18(21-13-20(17)21)24(23)28(31)35/h3-12,15,17-18,20-21,23-24H,13H2,1-2H3/t15-,17-,18-,20-,21-,23-,24+/m0/s1. The highest BCUT2D eigenvalue weighted by atomic mass is 35.5. The SMILES string of the molecule is Cc1ccc(C(=O)[C@H](C)N(C(=O)c2ccccc2Cl)N2C(=O)[C@@H]3[C@H]4C=C[C@@H]([C@@H]5C[C@@H]45)[C@@H]3C2=O)cc1. The highest BCUT2D eigenvalue weighted by Gasteiger charge is 2.68. The molecule has 7 heteroatoms. The van der Waals surface area contributed by atoms with Gasteiger partial charge in [0.05, 0.1) is 22.4 Å². The number of nitrogens with zero attached hydrogens (tertiary/aromatic N) is 2. The first kappa shape index (κ1) is 22.2. The van der Waals surface area contributed by atoms with Crippen molar-refractivity contribution in [3.05, 3.63) is 82.4 Å². The van der Waals surface area contributed by atoms with Gasteiger partial charge in [0.15, 0.2) is 5.78 Å². The number of aryl methyl sites for hydroxylation is 1. The molecule has 4 aliphatic carbocycles. The van der Waals surface area contributed by atoms with Gasteiger partial charge in [0.1, 0.15) is 6.04 Å². The molecule has 1 heterocycles. The largest absolute Gasteiger partial charge is 0.292 e. The van der Waals surface area contributed by atoms with Gasteiger partial charge in [0.25, 0.3) is 17.7 Å². The van der Waals surface area contributed by atoms with E-state index in [4.69, 9.17) is 11.6 Å². The van der Waals surface area contributed by atoms with Crippen LogP contribution in [-0.4, -0.2) is 39.6 Å². The van der Waals surface area contributed by atoms with Gasteiger partial charge in [-0.05, 0) is 56.1 Å². The van der Waals surface area contributed by atoms with Crippen molar-refractivity contribution in [2.24, 2.45) is 35.5 Å². The maximum absolute atomic E-state index is 13.9. The van der Waals surface area contributed by atoms with E-state index in [1.165, 1.54) is 0 Å². The Balaban J connectivity index is 1.41. The topological polar surface area (TPSA) is 74.8 Å². The first-order chi connectivity index (χ1) is 16.8. The molecule has 7 rings (SSSR count). The lowest BCUT2D eigenvalue weighted by atomic mass is 9.63. The molecule has 178 valence electrons. The molecule has 3 fully saturated rings. The lowest BCUT2D eigenvalue weighted by Crippen LogP contribution is -2.56. The van der Waals surface area contributed by atoms with Crippen molar-refractivity contribution in [3.8, 4) is 0 Å². The van der Waals surface area contributed by atoms with Crippen molar-refractivity contribution in [2.75, 3.05) is 0 Å². The highest BCUT2D eigenvalue weighted by Crippen LogP contribution is 2.65. The van der Waals surface area contributed by atoms with Crippen LogP contribution in [0.2, 0.25) is 5.02 Å². The van der Waals surface area contributed by atoms with E-state index in [0.29, 0.717) is 17.4 Å². The van der Waals surface area contributed by atoms with Crippen molar-refractivity contribution in [3.63, 3.8) is 0 Å². The van der Waals surface area contributed by atoms with E-state index in [9.17, 15) is 19.2 Å². The highest BCUT2D eigenvalue weighted by molar-refractivity contribution is 6.34. The van der Waals surface area contributed by atoms with Gasteiger partial charge in [-0.25, -0.2) is 5.01 Å². The third-order valence-corrected chi connectivity index (χ3v) is 8.58. The monoisotopic (exact) mass is 488 g/mol. The molecule has 0 N–H and O–H groups in total. The van der Waals surface area contributed by atoms with Gasteiger partial charge in [-0.2, -0.15) is 5.01 Å². The molecule has 0 radical (unpaired) electrons. The maximum atomic E-state index is 13.9. The van der Waals surface area contributed by atoms with E-state index >= 15 is 0 Å². The summed E-state index contributed by atoms with van der Waals surface area (Å²) in [6, 6.07) is 12.4. The lowest BCUT2D eigenvalue weighted by molar-refractivity contribution is -0.156. The van der Waals surface area contributed by atoms with Gasteiger partial charge in [-0.3, -0.25) is 19.2 Å². The summed E-state index contributed by atoms with van der Waals surface area (Å²) in [6.07, 6.45) is 5.20. The zero-order valence-corrected chi connectivity index (χ0v) is 20.2. The first-order valence-electron chi connectivity index (χ1n) is 12.0. The first-order valence-corrected chi connectivity index (χ1v) is 12.4. The van der Waals surface area contributed by atoms with Crippen LogP contribution in [0.5, 0.6) is 0 Å². The minimum atomic E-state index is -1.09. The van der Waals surface area contributed by atoms with Gasteiger partial charge in [-0.15, -0.1) is 0 Å². The zero-order chi connectivity index (χ0) is 24.6. The lowest BCUT2D eigenvalue weighted by Gasteiger charge is -2.37. The van der Waals surface area contributed by atoms with Gasteiger partial charge in [0.2, 0.25) is 0 Å². The van der Waals surface area contributed by atoms with Crippen LogP contribution in [0.25, 0.3) is 0 Å². The smallest absolute Gasteiger partial charge is 0.275 e. The second-order valence-electron chi connectivity index (χ2n) is 10.2. The number of hydrogen-bond donors (Lipinski definition) is 0. The minimum absolute atomic E-state index is 0.0109. The Morgan fingerprint density at radius 3 is 2.09 bits per heavy atom. The van der Waals surface area contributed by atoms with E-state index in [-0.39, 0.29) is 28.2 Å². The number of rotatable bonds is 5. The molecule has 35 heavy (non-hydrogen) atoms. The van der Waals surface area contributed by atoms with Crippen molar-refractivity contribution in [1.29, 1.82) is 0 Å². The molecule has 0 aromatic heterocycles. The third kappa shape index (κ3) is 3.23. The Morgan fingerprint density at radius 2 is 1.51 bits per heavy atom. The Kier molecular flexibility index (Phi) is 5.01. The summed E-state index contributed by atoms with van der Waals surface area (Å²) in [4.78, 5) is 55.0. The molecule has 2 aromatic rings. The van der Waals surface area contributed by atoms with Gasteiger partial charge in [-0.1, -0.05) is 65.7 Å². The van der Waals surface area contributed by atoms with E-state index in [0.717, 1.165) is 22.0 Å². The van der Waals surface area contributed by atoms with Gasteiger partial charge in [0, 0.05) is 5.56 Å². The van der Waals surface area contributed by atoms with Crippen LogP contribution < -0.4 is 0 Å². The van der Waals surface area contributed by atoms with Crippen LogP contribution >= 0.6 is 11.6 Å². The number of hydrogen-bond acceptors (Lipinski definition) is 4. The number of ketones is 1. The summed E-state index contributed by atoms with van der Waals surface area (Å²) in [6.45, 7) is 3.48. The fourth-order valence-electron chi connectivity index (χ4n) is 6.42. The van der Waals surface area contributed by atoms with E-state index in [1.54, 1.807) is 43.3 Å². The Labute approximate surface area is 208 Å². The summed E-state index contributed by atoms with van der Waals surface area (Å²) in [5.41, 5.74) is 1.53.